The number of anilines is 1. The zero-order valence-electron chi connectivity index (χ0n) is 10.4. The molecule has 2 rings (SSSR count). The van der Waals surface area contributed by atoms with E-state index in [4.69, 9.17) is 16.9 Å². The zero-order chi connectivity index (χ0) is 13.1. The Balaban J connectivity index is 2.20. The van der Waals surface area contributed by atoms with E-state index < -0.39 is 0 Å². The minimum absolute atomic E-state index is 0.0187. The van der Waals surface area contributed by atoms with Crippen LogP contribution in [0.4, 0.5) is 5.82 Å². The molecule has 5 heteroatoms. The first-order chi connectivity index (χ1) is 8.60. The minimum atomic E-state index is 0.0187. The maximum Gasteiger partial charge on any atom is 0.133 e. The third kappa shape index (κ3) is 2.80. The van der Waals surface area contributed by atoms with E-state index in [0.29, 0.717) is 6.42 Å². The Morgan fingerprint density at radius 1 is 1.50 bits per heavy atom. The SMILES string of the molecule is Cc1cc(NC2=C(Cl)CC(C#N)CC2C)ncn1. The maximum absolute atomic E-state index is 8.97. The molecule has 0 bridgehead atoms. The number of nitrogens with one attached hydrogen (secondary N) is 1. The molecule has 1 aliphatic carbocycles. The summed E-state index contributed by atoms with van der Waals surface area (Å²) in [4.78, 5) is 8.21. The van der Waals surface area contributed by atoms with Crippen molar-refractivity contribution in [3.05, 3.63) is 28.8 Å². The van der Waals surface area contributed by atoms with Crippen LogP contribution < -0.4 is 5.32 Å². The summed E-state index contributed by atoms with van der Waals surface area (Å²) in [7, 11) is 0. The maximum atomic E-state index is 8.97. The van der Waals surface area contributed by atoms with Crippen LogP contribution in [-0.4, -0.2) is 9.97 Å². The molecular formula is C13H15ClN4. The molecule has 2 unspecified atom stereocenters. The third-order valence-corrected chi connectivity index (χ3v) is 3.46. The van der Waals surface area contributed by atoms with Gasteiger partial charge in [-0.25, -0.2) is 9.97 Å². The Kier molecular flexibility index (Phi) is 3.83. The van der Waals surface area contributed by atoms with Crippen LogP contribution in [0.5, 0.6) is 0 Å². The van der Waals surface area contributed by atoms with Gasteiger partial charge in [0.15, 0.2) is 0 Å². The lowest BCUT2D eigenvalue weighted by Gasteiger charge is -2.26. The molecule has 94 valence electrons. The van der Waals surface area contributed by atoms with Crippen molar-refractivity contribution in [2.45, 2.75) is 26.7 Å². The second kappa shape index (κ2) is 5.36. The van der Waals surface area contributed by atoms with Crippen molar-refractivity contribution in [1.82, 2.24) is 9.97 Å². The van der Waals surface area contributed by atoms with Crippen molar-refractivity contribution >= 4 is 17.4 Å². The lowest BCUT2D eigenvalue weighted by molar-refractivity contribution is 0.471. The second-order valence-corrected chi connectivity index (χ2v) is 5.11. The van der Waals surface area contributed by atoms with E-state index in [-0.39, 0.29) is 11.8 Å². The van der Waals surface area contributed by atoms with Crippen LogP contribution in [0.1, 0.15) is 25.5 Å². The van der Waals surface area contributed by atoms with Gasteiger partial charge in [0, 0.05) is 28.9 Å². The lowest BCUT2D eigenvalue weighted by atomic mass is 9.86. The molecule has 0 saturated heterocycles. The first kappa shape index (κ1) is 12.8. The van der Waals surface area contributed by atoms with Crippen LogP contribution in [0.3, 0.4) is 0 Å². The van der Waals surface area contributed by atoms with Gasteiger partial charge in [-0.05, 0) is 19.3 Å². The molecule has 4 nitrogen and oxygen atoms in total. The Bertz CT molecular complexity index is 518. The summed E-state index contributed by atoms with van der Waals surface area (Å²) < 4.78 is 0. The van der Waals surface area contributed by atoms with Crippen molar-refractivity contribution in [2.24, 2.45) is 11.8 Å². The average molecular weight is 263 g/mol. The van der Waals surface area contributed by atoms with Crippen LogP contribution in [0.2, 0.25) is 0 Å². The summed E-state index contributed by atoms with van der Waals surface area (Å²) in [6.07, 6.45) is 2.98. The summed E-state index contributed by atoms with van der Waals surface area (Å²) in [5.41, 5.74) is 1.88. The lowest BCUT2D eigenvalue weighted by Crippen LogP contribution is -2.20. The van der Waals surface area contributed by atoms with Gasteiger partial charge in [0.05, 0.1) is 12.0 Å². The first-order valence-corrected chi connectivity index (χ1v) is 6.31. The number of aromatic nitrogens is 2. The summed E-state index contributed by atoms with van der Waals surface area (Å²) in [5.74, 6) is 1.01. The molecule has 0 radical (unpaired) electrons. The molecule has 0 aliphatic heterocycles. The van der Waals surface area contributed by atoms with Gasteiger partial charge in [0.2, 0.25) is 0 Å². The number of hydrogen-bond acceptors (Lipinski definition) is 4. The number of allylic oxidation sites excluding steroid dienone is 2. The van der Waals surface area contributed by atoms with Crippen LogP contribution in [0.25, 0.3) is 0 Å². The van der Waals surface area contributed by atoms with Crippen molar-refractivity contribution in [3.63, 3.8) is 0 Å². The average Bonchev–Trinajstić information content (AvgIpc) is 2.33. The molecule has 2 atom stereocenters. The smallest absolute Gasteiger partial charge is 0.133 e. The predicted molar refractivity (Wildman–Crippen MR) is 70.8 cm³/mol. The predicted octanol–water partition coefficient (Wildman–Crippen LogP) is 3.22. The molecular weight excluding hydrogens is 248 g/mol. The molecule has 18 heavy (non-hydrogen) atoms. The Morgan fingerprint density at radius 2 is 2.28 bits per heavy atom. The number of halogens is 1. The van der Waals surface area contributed by atoms with Crippen LogP contribution >= 0.6 is 11.6 Å². The van der Waals surface area contributed by atoms with E-state index in [1.54, 1.807) is 0 Å². The molecule has 1 heterocycles. The minimum Gasteiger partial charge on any atom is -0.342 e. The highest BCUT2D eigenvalue weighted by molar-refractivity contribution is 6.30. The van der Waals surface area contributed by atoms with Gasteiger partial charge in [0.1, 0.15) is 12.1 Å². The monoisotopic (exact) mass is 262 g/mol. The van der Waals surface area contributed by atoms with E-state index in [0.717, 1.165) is 28.7 Å². The van der Waals surface area contributed by atoms with Crippen LogP contribution in [-0.2, 0) is 0 Å². The number of nitriles is 1. The molecule has 0 spiro atoms. The highest BCUT2D eigenvalue weighted by Crippen LogP contribution is 2.35. The first-order valence-electron chi connectivity index (χ1n) is 5.94. The Hall–Kier alpha value is -1.60. The van der Waals surface area contributed by atoms with Gasteiger partial charge in [-0.1, -0.05) is 18.5 Å². The molecule has 1 aromatic rings. The van der Waals surface area contributed by atoms with Crippen molar-refractivity contribution in [1.29, 1.82) is 5.26 Å². The Labute approximate surface area is 112 Å². The van der Waals surface area contributed by atoms with E-state index in [1.807, 2.05) is 13.0 Å². The van der Waals surface area contributed by atoms with Crippen LogP contribution in [0, 0.1) is 30.1 Å². The van der Waals surface area contributed by atoms with Crippen molar-refractivity contribution < 1.29 is 0 Å². The number of hydrogen-bond donors (Lipinski definition) is 1. The van der Waals surface area contributed by atoms with Gasteiger partial charge >= 0.3 is 0 Å². The van der Waals surface area contributed by atoms with E-state index in [1.165, 1.54) is 6.33 Å². The Morgan fingerprint density at radius 3 is 2.89 bits per heavy atom. The van der Waals surface area contributed by atoms with E-state index in [9.17, 15) is 0 Å². The fraction of sp³-hybridized carbons (Fsp3) is 0.462. The quantitative estimate of drug-likeness (QED) is 0.889. The van der Waals surface area contributed by atoms with Gasteiger partial charge in [-0.2, -0.15) is 5.26 Å². The molecule has 0 amide bonds. The molecule has 0 saturated carbocycles. The summed E-state index contributed by atoms with van der Waals surface area (Å²) >= 11 is 6.26. The third-order valence-electron chi connectivity index (χ3n) is 3.10. The van der Waals surface area contributed by atoms with Gasteiger partial charge < -0.3 is 5.32 Å². The fourth-order valence-electron chi connectivity index (χ4n) is 2.17. The summed E-state index contributed by atoms with van der Waals surface area (Å²) in [5, 5.41) is 13.0. The number of rotatable bonds is 2. The van der Waals surface area contributed by atoms with Crippen molar-refractivity contribution in [3.8, 4) is 6.07 Å². The number of aryl methyl sites for hydroxylation is 1. The number of nitrogens with zero attached hydrogens (tertiary/aromatic N) is 3. The largest absolute Gasteiger partial charge is 0.342 e. The highest BCUT2D eigenvalue weighted by Gasteiger charge is 2.26. The fourth-order valence-corrected chi connectivity index (χ4v) is 2.59. The van der Waals surface area contributed by atoms with E-state index >= 15 is 0 Å². The topological polar surface area (TPSA) is 61.6 Å². The second-order valence-electron chi connectivity index (χ2n) is 4.66. The van der Waals surface area contributed by atoms with Gasteiger partial charge in [-0.15, -0.1) is 0 Å². The van der Waals surface area contributed by atoms with Crippen molar-refractivity contribution in [2.75, 3.05) is 5.32 Å². The zero-order valence-corrected chi connectivity index (χ0v) is 11.2. The standard InChI is InChI=1S/C13H15ClN4/c1-8-3-10(6-15)5-11(14)13(8)18-12-4-9(2)16-7-17-12/h4,7-8,10H,3,5H2,1-2H3,(H,16,17,18). The van der Waals surface area contributed by atoms with Crippen LogP contribution in [0.15, 0.2) is 23.1 Å². The molecule has 1 N–H and O–H groups in total. The summed E-state index contributed by atoms with van der Waals surface area (Å²) in [6, 6.07) is 4.16. The summed E-state index contributed by atoms with van der Waals surface area (Å²) in [6.45, 7) is 3.99. The highest BCUT2D eigenvalue weighted by atomic mass is 35.5. The molecule has 0 aromatic carbocycles. The molecule has 1 aromatic heterocycles. The molecule has 0 fully saturated rings. The molecule has 1 aliphatic rings. The van der Waals surface area contributed by atoms with Gasteiger partial charge in [-0.3, -0.25) is 0 Å². The van der Waals surface area contributed by atoms with Gasteiger partial charge in [0.25, 0.3) is 0 Å². The van der Waals surface area contributed by atoms with E-state index in [2.05, 4.69) is 28.3 Å². The normalized spacial score (nSPS) is 23.7.